The Morgan fingerprint density at radius 3 is 2.34 bits per heavy atom. The zero-order valence-electron chi connectivity index (χ0n) is 20.3. The summed E-state index contributed by atoms with van der Waals surface area (Å²) in [5, 5.41) is 3.28. The summed E-state index contributed by atoms with van der Waals surface area (Å²) in [6, 6.07) is 25.8. The zero-order chi connectivity index (χ0) is 26.5. The van der Waals surface area contributed by atoms with Crippen LogP contribution in [-0.2, 0) is 19.7 Å². The molecule has 0 amide bonds. The van der Waals surface area contributed by atoms with E-state index in [2.05, 4.69) is 9.98 Å². The third kappa shape index (κ3) is 3.44. The van der Waals surface area contributed by atoms with Crippen LogP contribution in [0.1, 0.15) is 5.69 Å². The molecule has 0 saturated carbocycles. The minimum atomic E-state index is -5.15. The largest absolute Gasteiger partial charge is 0.478 e. The average molecular weight is 515 g/mol. The Hall–Kier alpha value is -4.46. The van der Waals surface area contributed by atoms with Crippen molar-refractivity contribution in [3.05, 3.63) is 90.6 Å². The number of hydrogen-bond acceptors (Lipinski definition) is 5. The number of benzene rings is 4. The van der Waals surface area contributed by atoms with Crippen molar-refractivity contribution in [1.82, 2.24) is 4.98 Å². The third-order valence-corrected chi connectivity index (χ3v) is 6.98. The lowest BCUT2D eigenvalue weighted by atomic mass is 9.79. The highest BCUT2D eigenvalue weighted by Crippen LogP contribution is 2.47. The van der Waals surface area contributed by atoms with Crippen LogP contribution >= 0.6 is 0 Å². The number of rotatable bonds is 4. The van der Waals surface area contributed by atoms with Crippen molar-refractivity contribution >= 4 is 44.3 Å². The molecule has 2 heterocycles. The molecule has 0 aliphatic carbocycles. The molecule has 4 aromatic carbocycles. The molecule has 190 valence electrons. The summed E-state index contributed by atoms with van der Waals surface area (Å²) in [6.07, 6.45) is -5.15. The van der Waals surface area contributed by atoms with Gasteiger partial charge < -0.3 is 9.47 Å². The normalized spacial score (nSPS) is 15.3. The number of carbonyl (C=O) groups excluding carboxylic acids is 1. The number of pyridine rings is 1. The van der Waals surface area contributed by atoms with Crippen molar-refractivity contribution in [3.8, 4) is 11.1 Å². The summed E-state index contributed by atoms with van der Waals surface area (Å²) < 4.78 is 55.8. The molecule has 8 heteroatoms. The molecule has 0 saturated heterocycles. The first kappa shape index (κ1) is 23.9. The second-order valence-corrected chi connectivity index (χ2v) is 9.04. The van der Waals surface area contributed by atoms with Crippen molar-refractivity contribution in [1.29, 1.82) is 0 Å². The summed E-state index contributed by atoms with van der Waals surface area (Å²) in [5.74, 6) is -2.30. The smallest absolute Gasteiger partial charge is 0.419 e. The fourth-order valence-corrected chi connectivity index (χ4v) is 5.26. The molecule has 1 atom stereocenters. The number of aliphatic imine (C=N–C) groups is 1. The van der Waals surface area contributed by atoms with Crippen LogP contribution in [0.3, 0.4) is 0 Å². The van der Waals surface area contributed by atoms with E-state index >= 15 is 13.2 Å². The van der Waals surface area contributed by atoms with Gasteiger partial charge in [0.05, 0.1) is 24.9 Å². The number of halogens is 3. The van der Waals surface area contributed by atoms with Crippen LogP contribution in [0.25, 0.3) is 43.6 Å². The van der Waals surface area contributed by atoms with Crippen LogP contribution in [-0.4, -0.2) is 43.3 Å². The van der Waals surface area contributed by atoms with E-state index in [9.17, 15) is 4.79 Å². The van der Waals surface area contributed by atoms with Gasteiger partial charge in [-0.05, 0) is 39.4 Å². The van der Waals surface area contributed by atoms with Gasteiger partial charge >= 0.3 is 12.1 Å². The molecule has 0 spiro atoms. The number of alkyl halides is 3. The van der Waals surface area contributed by atoms with E-state index < -0.39 is 29.2 Å². The molecular formula is C30H21F3N2O3. The molecule has 0 bridgehead atoms. The van der Waals surface area contributed by atoms with E-state index in [1.54, 1.807) is 36.4 Å². The van der Waals surface area contributed by atoms with Gasteiger partial charge in [-0.3, -0.25) is 14.8 Å². The Morgan fingerprint density at radius 2 is 1.61 bits per heavy atom. The average Bonchev–Trinajstić information content (AvgIpc) is 3.47. The molecule has 0 radical (unpaired) electrons. The van der Waals surface area contributed by atoms with Crippen molar-refractivity contribution < 1.29 is 27.4 Å². The van der Waals surface area contributed by atoms with Gasteiger partial charge in [0.15, 0.2) is 0 Å². The molecule has 0 N–H and O–H groups in total. The van der Waals surface area contributed by atoms with E-state index in [1.165, 1.54) is 0 Å². The Balaban J connectivity index is 1.76. The minimum absolute atomic E-state index is 0.00305. The monoisotopic (exact) mass is 514 g/mol. The van der Waals surface area contributed by atoms with E-state index in [0.717, 1.165) is 23.4 Å². The summed E-state index contributed by atoms with van der Waals surface area (Å²) >= 11 is 0. The van der Waals surface area contributed by atoms with E-state index in [-0.39, 0.29) is 18.5 Å². The first-order valence-electron chi connectivity index (χ1n) is 12.0. The zero-order valence-corrected chi connectivity index (χ0v) is 20.3. The van der Waals surface area contributed by atoms with Crippen molar-refractivity contribution in [2.24, 2.45) is 4.99 Å². The molecule has 1 aliphatic heterocycles. The topological polar surface area (TPSA) is 60.8 Å². The number of carbonyl (C=O) groups is 1. The third-order valence-electron chi connectivity index (χ3n) is 6.98. The van der Waals surface area contributed by atoms with Crippen LogP contribution in [0.15, 0.2) is 89.9 Å². The molecular weight excluding hydrogens is 493 g/mol. The van der Waals surface area contributed by atoms with Crippen LogP contribution in [0.5, 0.6) is 0 Å². The van der Waals surface area contributed by atoms with Crippen molar-refractivity contribution in [2.45, 2.75) is 11.6 Å². The van der Waals surface area contributed by atoms with Crippen LogP contribution in [0.4, 0.5) is 13.2 Å². The van der Waals surface area contributed by atoms with Gasteiger partial charge in [-0.25, -0.2) is 0 Å². The second kappa shape index (κ2) is 8.83. The van der Waals surface area contributed by atoms with Gasteiger partial charge in [-0.1, -0.05) is 72.8 Å². The van der Waals surface area contributed by atoms with Gasteiger partial charge in [0, 0.05) is 10.8 Å². The Bertz CT molecular complexity index is 1760. The lowest BCUT2D eigenvalue weighted by Gasteiger charge is -2.32. The fourth-order valence-electron chi connectivity index (χ4n) is 5.26. The highest BCUT2D eigenvalue weighted by molar-refractivity contribution is 6.16. The molecule has 0 fully saturated rings. The van der Waals surface area contributed by atoms with Gasteiger partial charge in [0.25, 0.3) is 5.41 Å². The van der Waals surface area contributed by atoms with Crippen LogP contribution in [0, 0.1) is 0 Å². The highest BCUT2D eigenvalue weighted by atomic mass is 19.4. The molecule has 5 aromatic rings. The summed E-state index contributed by atoms with van der Waals surface area (Å²) in [7, 11) is 0.920. The minimum Gasteiger partial charge on any atom is -0.478 e. The van der Waals surface area contributed by atoms with Crippen molar-refractivity contribution in [2.75, 3.05) is 20.3 Å². The molecule has 38 heavy (non-hydrogen) atoms. The van der Waals surface area contributed by atoms with Gasteiger partial charge in [-0.2, -0.15) is 13.2 Å². The number of fused-ring (bicyclic) bond motifs is 4. The predicted molar refractivity (Wildman–Crippen MR) is 140 cm³/mol. The highest BCUT2D eigenvalue weighted by Gasteiger charge is 2.70. The maximum atomic E-state index is 15.2. The Kier molecular flexibility index (Phi) is 5.56. The summed E-state index contributed by atoms with van der Waals surface area (Å²) in [4.78, 5) is 21.7. The lowest BCUT2D eigenvalue weighted by molar-refractivity contribution is -0.195. The van der Waals surface area contributed by atoms with Gasteiger partial charge in [-0.15, -0.1) is 0 Å². The number of nitrogens with zero attached hydrogens (tertiary/aromatic N) is 2. The second-order valence-electron chi connectivity index (χ2n) is 9.04. The summed E-state index contributed by atoms with van der Waals surface area (Å²) in [6.45, 7) is -0.0755. The van der Waals surface area contributed by atoms with Crippen LogP contribution in [0.2, 0.25) is 0 Å². The molecule has 1 aliphatic rings. The van der Waals surface area contributed by atoms with E-state index in [4.69, 9.17) is 9.47 Å². The number of para-hydroxylation sites is 1. The Morgan fingerprint density at radius 1 is 0.868 bits per heavy atom. The molecule has 1 unspecified atom stereocenters. The van der Waals surface area contributed by atoms with Crippen molar-refractivity contribution in [3.63, 3.8) is 0 Å². The number of aromatic nitrogens is 1. The number of methoxy groups -OCH3 is 1. The number of hydrogen-bond donors (Lipinski definition) is 0. The molecule has 6 rings (SSSR count). The number of ether oxygens (including phenoxy) is 2. The van der Waals surface area contributed by atoms with E-state index in [1.807, 2.05) is 48.5 Å². The van der Waals surface area contributed by atoms with E-state index in [0.29, 0.717) is 21.9 Å². The molecule has 1 aromatic heterocycles. The molecule has 5 nitrogen and oxygen atoms in total. The SMILES string of the molecule is COC(=O)C(C1=NCCO1)(c1nc2ccccc2c2ccc(-c3cccc4ccccc34)cc12)C(F)(F)F. The van der Waals surface area contributed by atoms with Gasteiger partial charge in [0.2, 0.25) is 5.90 Å². The van der Waals surface area contributed by atoms with Crippen LogP contribution < -0.4 is 0 Å². The maximum absolute atomic E-state index is 15.2. The Labute approximate surface area is 215 Å². The standard InChI is InChI=1S/C30H21F3N2O3/c1-37-28(36)29(30(31,32)33,27-34-15-16-38-27)26-24-17-19(21-11-6-8-18-7-2-3-9-20(18)21)13-14-22(24)23-10-4-5-12-25(23)35-26/h2-14,17H,15-16H2,1H3. The maximum Gasteiger partial charge on any atom is 0.419 e. The quantitative estimate of drug-likeness (QED) is 0.200. The first-order chi connectivity index (χ1) is 18.4. The lowest BCUT2D eigenvalue weighted by Crippen LogP contribution is -2.56. The first-order valence-corrected chi connectivity index (χ1v) is 12.0. The fraction of sp³-hybridized carbons (Fsp3) is 0.167. The number of esters is 1. The van der Waals surface area contributed by atoms with Gasteiger partial charge in [0.1, 0.15) is 6.61 Å². The summed E-state index contributed by atoms with van der Waals surface area (Å²) in [5.41, 5.74) is -2.02. The predicted octanol–water partition coefficient (Wildman–Crippen LogP) is 6.61.